The molecule has 0 aromatic heterocycles. The van der Waals surface area contributed by atoms with Gasteiger partial charge in [0, 0.05) is 6.04 Å². The molecule has 0 aromatic carbocycles. The van der Waals surface area contributed by atoms with Gasteiger partial charge in [0.05, 0.1) is 0 Å². The molecule has 0 amide bonds. The number of hydrogen-bond acceptors (Lipinski definition) is 1. The van der Waals surface area contributed by atoms with Gasteiger partial charge < -0.3 is 5.73 Å². The fourth-order valence-corrected chi connectivity index (χ4v) is 3.33. The summed E-state index contributed by atoms with van der Waals surface area (Å²) in [6.07, 6.45) is 9.00. The van der Waals surface area contributed by atoms with Crippen LogP contribution in [0.25, 0.3) is 0 Å². The summed E-state index contributed by atoms with van der Waals surface area (Å²) in [5.74, 6) is 0.772. The minimum Gasteiger partial charge on any atom is -0.327 e. The third-order valence-corrected chi connectivity index (χ3v) is 4.08. The first kappa shape index (κ1) is 13.8. The molecule has 0 spiro atoms. The Hall–Kier alpha value is -0.300. The van der Waals surface area contributed by atoms with Crippen molar-refractivity contribution in [1.82, 2.24) is 0 Å². The summed E-state index contributed by atoms with van der Waals surface area (Å²) >= 11 is 0. The van der Waals surface area contributed by atoms with E-state index in [1.165, 1.54) is 37.7 Å². The molecule has 1 fully saturated rings. The molecule has 1 atom stereocenters. The Morgan fingerprint density at radius 3 is 2.31 bits per heavy atom. The van der Waals surface area contributed by atoms with Gasteiger partial charge in [0.25, 0.3) is 0 Å². The minimum absolute atomic E-state index is 0.383. The molecule has 94 valence electrons. The molecule has 0 aromatic rings. The molecule has 1 rings (SSSR count). The molecular formula is C15H29N. The maximum absolute atomic E-state index is 6.47. The Morgan fingerprint density at radius 1 is 1.31 bits per heavy atom. The zero-order chi connectivity index (χ0) is 12.2. The van der Waals surface area contributed by atoms with Crippen molar-refractivity contribution in [2.75, 3.05) is 0 Å². The van der Waals surface area contributed by atoms with E-state index in [0.717, 1.165) is 18.8 Å². The lowest BCUT2D eigenvalue weighted by Crippen LogP contribution is -2.40. The molecular weight excluding hydrogens is 194 g/mol. The molecule has 16 heavy (non-hydrogen) atoms. The van der Waals surface area contributed by atoms with E-state index in [0.29, 0.717) is 11.5 Å². The van der Waals surface area contributed by atoms with Crippen molar-refractivity contribution >= 4 is 0 Å². The zero-order valence-corrected chi connectivity index (χ0v) is 11.4. The predicted octanol–water partition coefficient (Wildman–Crippen LogP) is 4.28. The lowest BCUT2D eigenvalue weighted by atomic mass is 9.71. The van der Waals surface area contributed by atoms with Crippen LogP contribution in [0.2, 0.25) is 0 Å². The first-order valence-corrected chi connectivity index (χ1v) is 6.86. The van der Waals surface area contributed by atoms with Gasteiger partial charge in [-0.1, -0.05) is 32.3 Å². The van der Waals surface area contributed by atoms with Crippen LogP contribution in [0.3, 0.4) is 0 Å². The first-order chi connectivity index (χ1) is 7.46. The largest absolute Gasteiger partial charge is 0.327 e. The van der Waals surface area contributed by atoms with Gasteiger partial charge in [-0.15, -0.1) is 6.58 Å². The highest BCUT2D eigenvalue weighted by atomic mass is 14.7. The van der Waals surface area contributed by atoms with E-state index in [1.807, 2.05) is 0 Å². The van der Waals surface area contributed by atoms with Crippen molar-refractivity contribution in [2.45, 2.75) is 71.8 Å². The Bertz CT molecular complexity index is 224. The third-order valence-electron chi connectivity index (χ3n) is 4.08. The molecule has 1 nitrogen and oxygen atoms in total. The molecule has 1 heteroatoms. The van der Waals surface area contributed by atoms with E-state index in [9.17, 15) is 0 Å². The molecule has 0 aliphatic heterocycles. The quantitative estimate of drug-likeness (QED) is 0.668. The van der Waals surface area contributed by atoms with Gasteiger partial charge in [-0.2, -0.15) is 0 Å². The number of hydrogen-bond donors (Lipinski definition) is 1. The summed E-state index contributed by atoms with van der Waals surface area (Å²) in [4.78, 5) is 0. The van der Waals surface area contributed by atoms with Gasteiger partial charge in [-0.05, 0) is 50.4 Å². The number of nitrogens with two attached hydrogens (primary N) is 1. The van der Waals surface area contributed by atoms with E-state index in [4.69, 9.17) is 5.73 Å². The Labute approximate surface area is 101 Å². The average Bonchev–Trinajstić information content (AvgIpc) is 2.62. The molecule has 2 N–H and O–H groups in total. The zero-order valence-electron chi connectivity index (χ0n) is 11.4. The lowest BCUT2D eigenvalue weighted by Gasteiger charge is -2.37. The van der Waals surface area contributed by atoms with E-state index in [2.05, 4.69) is 27.4 Å². The summed E-state index contributed by atoms with van der Waals surface area (Å²) < 4.78 is 0. The standard InChI is InChI=1S/C15H29N/c1-12(2)7-8-14(16)15(11-13(3)4)9-5-6-10-15/h13-14H,1,5-11,16H2,2-4H3. The molecule has 0 heterocycles. The summed E-state index contributed by atoms with van der Waals surface area (Å²) in [6, 6.07) is 0.383. The van der Waals surface area contributed by atoms with Crippen molar-refractivity contribution in [3.63, 3.8) is 0 Å². The van der Waals surface area contributed by atoms with Gasteiger partial charge in [-0.3, -0.25) is 0 Å². The van der Waals surface area contributed by atoms with Crippen LogP contribution in [0.1, 0.15) is 65.7 Å². The van der Waals surface area contributed by atoms with Crippen LogP contribution in [0.15, 0.2) is 12.2 Å². The van der Waals surface area contributed by atoms with Crippen LogP contribution in [0, 0.1) is 11.3 Å². The smallest absolute Gasteiger partial charge is 0.00987 e. The van der Waals surface area contributed by atoms with Crippen LogP contribution < -0.4 is 5.73 Å². The predicted molar refractivity (Wildman–Crippen MR) is 72.4 cm³/mol. The van der Waals surface area contributed by atoms with E-state index in [1.54, 1.807) is 0 Å². The second-order valence-corrected chi connectivity index (χ2v) is 6.27. The van der Waals surface area contributed by atoms with Crippen LogP contribution >= 0.6 is 0 Å². The van der Waals surface area contributed by atoms with Crippen molar-refractivity contribution in [3.8, 4) is 0 Å². The van der Waals surface area contributed by atoms with E-state index < -0.39 is 0 Å². The van der Waals surface area contributed by atoms with Crippen molar-refractivity contribution in [2.24, 2.45) is 17.1 Å². The summed E-state index contributed by atoms with van der Waals surface area (Å²) in [6.45, 7) is 10.7. The van der Waals surface area contributed by atoms with Gasteiger partial charge >= 0.3 is 0 Å². The van der Waals surface area contributed by atoms with E-state index >= 15 is 0 Å². The maximum atomic E-state index is 6.47. The van der Waals surface area contributed by atoms with Crippen LogP contribution in [-0.4, -0.2) is 6.04 Å². The van der Waals surface area contributed by atoms with Crippen molar-refractivity contribution in [1.29, 1.82) is 0 Å². The van der Waals surface area contributed by atoms with Crippen molar-refractivity contribution in [3.05, 3.63) is 12.2 Å². The summed E-state index contributed by atoms with van der Waals surface area (Å²) in [7, 11) is 0. The molecule has 1 aliphatic rings. The van der Waals surface area contributed by atoms with Crippen molar-refractivity contribution < 1.29 is 0 Å². The highest BCUT2D eigenvalue weighted by Gasteiger charge is 2.39. The number of rotatable bonds is 6. The molecule has 0 radical (unpaired) electrons. The molecule has 0 saturated heterocycles. The third kappa shape index (κ3) is 3.62. The SMILES string of the molecule is C=C(C)CCC(N)C1(CC(C)C)CCCC1. The monoisotopic (exact) mass is 223 g/mol. The van der Waals surface area contributed by atoms with Crippen LogP contribution in [0.4, 0.5) is 0 Å². The first-order valence-electron chi connectivity index (χ1n) is 6.86. The fraction of sp³-hybridized carbons (Fsp3) is 0.867. The molecule has 1 unspecified atom stereocenters. The van der Waals surface area contributed by atoms with Gasteiger partial charge in [-0.25, -0.2) is 0 Å². The van der Waals surface area contributed by atoms with Gasteiger partial charge in [0.2, 0.25) is 0 Å². The summed E-state index contributed by atoms with van der Waals surface area (Å²) in [5, 5.41) is 0. The van der Waals surface area contributed by atoms with Gasteiger partial charge in [0.15, 0.2) is 0 Å². The van der Waals surface area contributed by atoms with Crippen LogP contribution in [-0.2, 0) is 0 Å². The highest BCUT2D eigenvalue weighted by Crippen LogP contribution is 2.46. The fourth-order valence-electron chi connectivity index (χ4n) is 3.33. The number of allylic oxidation sites excluding steroid dienone is 1. The Kier molecular flexibility index (Phi) is 5.04. The summed E-state index contributed by atoms with van der Waals surface area (Å²) in [5.41, 5.74) is 8.19. The van der Waals surface area contributed by atoms with E-state index in [-0.39, 0.29) is 0 Å². The Balaban J connectivity index is 2.57. The second kappa shape index (κ2) is 5.86. The highest BCUT2D eigenvalue weighted by molar-refractivity contribution is 4.97. The average molecular weight is 223 g/mol. The molecule has 1 aliphatic carbocycles. The normalized spacial score (nSPS) is 21.3. The Morgan fingerprint density at radius 2 is 1.88 bits per heavy atom. The topological polar surface area (TPSA) is 26.0 Å². The second-order valence-electron chi connectivity index (χ2n) is 6.27. The van der Waals surface area contributed by atoms with Gasteiger partial charge in [0.1, 0.15) is 0 Å². The minimum atomic E-state index is 0.383. The maximum Gasteiger partial charge on any atom is 0.00987 e. The van der Waals surface area contributed by atoms with Crippen LogP contribution in [0.5, 0.6) is 0 Å². The molecule has 0 bridgehead atoms. The molecule has 1 saturated carbocycles. The lowest BCUT2D eigenvalue weighted by molar-refractivity contribution is 0.175.